The van der Waals surface area contributed by atoms with E-state index in [9.17, 15) is 5.21 Å². The number of nitrogen functional groups attached to an aromatic ring is 1. The molecular formula is C9H8N2O. The van der Waals surface area contributed by atoms with E-state index in [1.54, 1.807) is 12.1 Å². The van der Waals surface area contributed by atoms with Crippen molar-refractivity contribution >= 4 is 16.6 Å². The normalized spacial score (nSPS) is 10.3. The maximum Gasteiger partial charge on any atom is 0.223 e. The fourth-order valence-electron chi connectivity index (χ4n) is 1.23. The molecule has 1 heterocycles. The lowest BCUT2D eigenvalue weighted by Crippen LogP contribution is -2.26. The Morgan fingerprint density at radius 2 is 2.00 bits per heavy atom. The van der Waals surface area contributed by atoms with Gasteiger partial charge in [0, 0.05) is 11.5 Å². The summed E-state index contributed by atoms with van der Waals surface area (Å²) < 4.78 is 0.782. The molecule has 0 atom stereocenters. The lowest BCUT2D eigenvalue weighted by atomic mass is 10.2. The van der Waals surface area contributed by atoms with Crippen molar-refractivity contribution in [1.29, 1.82) is 0 Å². The van der Waals surface area contributed by atoms with E-state index in [0.717, 1.165) is 10.1 Å². The first-order valence-electron chi connectivity index (χ1n) is 3.65. The second-order valence-electron chi connectivity index (χ2n) is 2.66. The van der Waals surface area contributed by atoms with Crippen molar-refractivity contribution in [1.82, 2.24) is 0 Å². The van der Waals surface area contributed by atoms with Crippen LogP contribution in [0.25, 0.3) is 10.9 Å². The first-order valence-corrected chi connectivity index (χ1v) is 3.65. The molecule has 0 saturated heterocycles. The molecule has 0 aliphatic heterocycles. The number of anilines is 1. The number of hydrogen-bond acceptors (Lipinski definition) is 2. The molecule has 0 radical (unpaired) electrons. The number of rotatable bonds is 0. The average molecular weight is 160 g/mol. The maximum atomic E-state index is 11.2. The minimum atomic E-state index is 0.490. The van der Waals surface area contributed by atoms with Crippen molar-refractivity contribution in [3.05, 3.63) is 41.7 Å². The summed E-state index contributed by atoms with van der Waals surface area (Å²) in [5.41, 5.74) is 6.64. The molecule has 2 aromatic rings. The third-order valence-corrected chi connectivity index (χ3v) is 1.76. The van der Waals surface area contributed by atoms with Crippen molar-refractivity contribution in [2.75, 3.05) is 5.73 Å². The Morgan fingerprint density at radius 3 is 2.83 bits per heavy atom. The predicted octanol–water partition coefficient (Wildman–Crippen LogP) is 1.06. The second-order valence-corrected chi connectivity index (χ2v) is 2.66. The number of nitrogens with two attached hydrogens (primary N) is 1. The van der Waals surface area contributed by atoms with Gasteiger partial charge in [-0.15, -0.1) is 0 Å². The van der Waals surface area contributed by atoms with Crippen LogP contribution in [0.3, 0.4) is 0 Å². The van der Waals surface area contributed by atoms with Crippen molar-refractivity contribution in [3.8, 4) is 0 Å². The van der Waals surface area contributed by atoms with Gasteiger partial charge in [-0.1, -0.05) is 12.1 Å². The molecule has 12 heavy (non-hydrogen) atoms. The summed E-state index contributed by atoms with van der Waals surface area (Å²) in [5, 5.41) is 12.1. The highest BCUT2D eigenvalue weighted by Gasteiger charge is 2.02. The number of nitrogens with zero attached hydrogens (tertiary/aromatic N) is 1. The summed E-state index contributed by atoms with van der Waals surface area (Å²) in [5.74, 6) is 0. The van der Waals surface area contributed by atoms with E-state index in [1.807, 2.05) is 18.2 Å². The van der Waals surface area contributed by atoms with Gasteiger partial charge in [0.25, 0.3) is 0 Å². The van der Waals surface area contributed by atoms with E-state index in [2.05, 4.69) is 0 Å². The number of hydrogen-bond donors (Lipinski definition) is 1. The Kier molecular flexibility index (Phi) is 1.37. The van der Waals surface area contributed by atoms with Gasteiger partial charge >= 0.3 is 0 Å². The molecule has 1 aromatic heterocycles. The van der Waals surface area contributed by atoms with Gasteiger partial charge in [-0.05, 0) is 12.1 Å². The molecule has 0 amide bonds. The van der Waals surface area contributed by atoms with Crippen LogP contribution in [0.2, 0.25) is 0 Å². The lowest BCUT2D eigenvalue weighted by molar-refractivity contribution is -0.576. The molecule has 60 valence electrons. The van der Waals surface area contributed by atoms with E-state index in [0.29, 0.717) is 11.2 Å². The van der Waals surface area contributed by atoms with E-state index in [4.69, 9.17) is 5.73 Å². The summed E-state index contributed by atoms with van der Waals surface area (Å²) in [7, 11) is 0. The fourth-order valence-corrected chi connectivity index (χ4v) is 1.23. The zero-order valence-corrected chi connectivity index (χ0v) is 6.40. The van der Waals surface area contributed by atoms with Gasteiger partial charge < -0.3 is 10.9 Å². The molecule has 3 nitrogen and oxygen atoms in total. The van der Waals surface area contributed by atoms with Gasteiger partial charge in [0.1, 0.15) is 0 Å². The van der Waals surface area contributed by atoms with Crippen molar-refractivity contribution < 1.29 is 4.73 Å². The highest BCUT2D eigenvalue weighted by Crippen LogP contribution is 2.11. The second kappa shape index (κ2) is 2.37. The fraction of sp³-hybridized carbons (Fsp3) is 0. The number of para-hydroxylation sites is 1. The smallest absolute Gasteiger partial charge is 0.223 e. The number of aromatic nitrogens is 1. The first-order chi connectivity index (χ1) is 5.77. The third-order valence-electron chi connectivity index (χ3n) is 1.76. The summed E-state index contributed by atoms with van der Waals surface area (Å²) in [4.78, 5) is 0. The summed E-state index contributed by atoms with van der Waals surface area (Å²) in [6, 6.07) is 9.11. The Balaban J connectivity index is 2.89. The molecule has 0 spiro atoms. The highest BCUT2D eigenvalue weighted by molar-refractivity contribution is 5.78. The Labute approximate surface area is 69.6 Å². The van der Waals surface area contributed by atoms with Gasteiger partial charge in [-0.3, -0.25) is 0 Å². The van der Waals surface area contributed by atoms with Crippen LogP contribution in [0, 0.1) is 5.21 Å². The van der Waals surface area contributed by atoms with Crippen LogP contribution in [0.15, 0.2) is 36.5 Å². The molecule has 0 bridgehead atoms. The molecule has 0 aliphatic carbocycles. The van der Waals surface area contributed by atoms with Crippen LogP contribution in [0.5, 0.6) is 0 Å². The molecular weight excluding hydrogens is 152 g/mol. The minimum Gasteiger partial charge on any atom is -0.618 e. The zero-order chi connectivity index (χ0) is 8.55. The van der Waals surface area contributed by atoms with Crippen LogP contribution in [-0.4, -0.2) is 0 Å². The number of fused-ring (bicyclic) bond motifs is 1. The third kappa shape index (κ3) is 0.955. The molecule has 0 aliphatic rings. The minimum absolute atomic E-state index is 0.490. The summed E-state index contributed by atoms with van der Waals surface area (Å²) in [6.45, 7) is 0. The molecule has 1 aromatic carbocycles. The van der Waals surface area contributed by atoms with Crippen molar-refractivity contribution in [2.45, 2.75) is 0 Å². The van der Waals surface area contributed by atoms with Gasteiger partial charge in [-0.2, -0.15) is 4.73 Å². The zero-order valence-electron chi connectivity index (χ0n) is 6.40. The Hall–Kier alpha value is -1.77. The molecule has 0 unspecified atom stereocenters. The lowest BCUT2D eigenvalue weighted by Gasteiger charge is -2.01. The highest BCUT2D eigenvalue weighted by atomic mass is 16.5. The van der Waals surface area contributed by atoms with Gasteiger partial charge in [0.05, 0.1) is 5.69 Å². The SMILES string of the molecule is Nc1cc2ccccc2[n+]([O-])c1. The predicted molar refractivity (Wildman–Crippen MR) is 47.3 cm³/mol. The maximum absolute atomic E-state index is 11.2. The Bertz CT molecular complexity index is 426. The van der Waals surface area contributed by atoms with E-state index in [1.165, 1.54) is 6.20 Å². The van der Waals surface area contributed by atoms with Crippen LogP contribution >= 0.6 is 0 Å². The van der Waals surface area contributed by atoms with E-state index >= 15 is 0 Å². The standard InChI is InChI=1S/C9H8N2O/c10-8-5-7-3-1-2-4-9(7)11(12)6-8/h1-6H,10H2. The van der Waals surface area contributed by atoms with E-state index in [-0.39, 0.29) is 0 Å². The van der Waals surface area contributed by atoms with E-state index < -0.39 is 0 Å². The Morgan fingerprint density at radius 1 is 1.25 bits per heavy atom. The number of pyridine rings is 1. The van der Waals surface area contributed by atoms with Gasteiger partial charge in [0.2, 0.25) is 11.7 Å². The molecule has 0 saturated carbocycles. The van der Waals surface area contributed by atoms with Crippen LogP contribution in [0.4, 0.5) is 5.69 Å². The largest absolute Gasteiger partial charge is 0.618 e. The number of benzene rings is 1. The van der Waals surface area contributed by atoms with Gasteiger partial charge in [-0.25, -0.2) is 0 Å². The van der Waals surface area contributed by atoms with Crippen LogP contribution in [0.1, 0.15) is 0 Å². The topological polar surface area (TPSA) is 53.0 Å². The molecule has 2 rings (SSSR count). The summed E-state index contributed by atoms with van der Waals surface area (Å²) in [6.07, 6.45) is 1.36. The van der Waals surface area contributed by atoms with Crippen LogP contribution < -0.4 is 10.5 Å². The molecule has 2 N–H and O–H groups in total. The van der Waals surface area contributed by atoms with Crippen molar-refractivity contribution in [2.24, 2.45) is 0 Å². The average Bonchev–Trinajstić information content (AvgIpc) is 2.04. The first kappa shape index (κ1) is 6.91. The summed E-state index contributed by atoms with van der Waals surface area (Å²) >= 11 is 0. The molecule has 3 heteroatoms. The van der Waals surface area contributed by atoms with Crippen molar-refractivity contribution in [3.63, 3.8) is 0 Å². The van der Waals surface area contributed by atoms with Gasteiger partial charge in [0.15, 0.2) is 0 Å². The monoisotopic (exact) mass is 160 g/mol. The quantitative estimate of drug-likeness (QED) is 0.462. The van der Waals surface area contributed by atoms with Crippen LogP contribution in [-0.2, 0) is 0 Å². The molecule has 0 fully saturated rings.